The van der Waals surface area contributed by atoms with E-state index in [0.717, 1.165) is 11.4 Å². The summed E-state index contributed by atoms with van der Waals surface area (Å²) in [6.07, 6.45) is 1.61. The highest BCUT2D eigenvalue weighted by Crippen LogP contribution is 2.30. The Morgan fingerprint density at radius 2 is 2.23 bits per heavy atom. The molecule has 0 radical (unpaired) electrons. The van der Waals surface area contributed by atoms with E-state index in [1.165, 1.54) is 11.3 Å². The number of hydrogen-bond acceptors (Lipinski definition) is 6. The smallest absolute Gasteiger partial charge is 0.229 e. The van der Waals surface area contributed by atoms with Gasteiger partial charge in [0, 0.05) is 32.0 Å². The Balaban J connectivity index is 1.91. The van der Waals surface area contributed by atoms with Gasteiger partial charge in [0.05, 0.1) is 5.92 Å². The van der Waals surface area contributed by atoms with Gasteiger partial charge >= 0.3 is 0 Å². The Labute approximate surface area is 133 Å². The van der Waals surface area contributed by atoms with Crippen LogP contribution < -0.4 is 10.2 Å². The molecule has 1 aromatic rings. The monoisotopic (exact) mass is 326 g/mol. The van der Waals surface area contributed by atoms with Gasteiger partial charge in [0.15, 0.2) is 0 Å². The average molecular weight is 326 g/mol. The molecule has 1 aromatic heterocycles. The van der Waals surface area contributed by atoms with E-state index in [9.17, 15) is 9.59 Å². The van der Waals surface area contributed by atoms with Gasteiger partial charge in [0.25, 0.3) is 0 Å². The Morgan fingerprint density at radius 3 is 2.86 bits per heavy atom. The third kappa shape index (κ3) is 4.01. The zero-order valence-electron chi connectivity index (χ0n) is 12.9. The molecule has 2 rings (SSSR count). The highest BCUT2D eigenvalue weighted by Gasteiger charge is 2.36. The van der Waals surface area contributed by atoms with Gasteiger partial charge in [-0.1, -0.05) is 25.2 Å². The largest absolute Gasteiger partial charge is 0.396 e. The van der Waals surface area contributed by atoms with E-state index in [1.54, 1.807) is 4.90 Å². The molecule has 1 aliphatic heterocycles. The third-order valence-corrected chi connectivity index (χ3v) is 4.78. The van der Waals surface area contributed by atoms with Crippen molar-refractivity contribution in [3.05, 3.63) is 5.01 Å². The van der Waals surface area contributed by atoms with Crippen LogP contribution in [0.4, 0.5) is 5.13 Å². The molecule has 8 heteroatoms. The summed E-state index contributed by atoms with van der Waals surface area (Å²) in [7, 11) is 0. The first-order chi connectivity index (χ1) is 10.5. The Bertz CT molecular complexity index is 532. The van der Waals surface area contributed by atoms with Gasteiger partial charge in [-0.3, -0.25) is 14.5 Å². The minimum atomic E-state index is -0.340. The number of rotatable bonds is 7. The van der Waals surface area contributed by atoms with Crippen LogP contribution in [0.3, 0.4) is 0 Å². The number of unbranched alkanes of at least 4 members (excludes halogenated alkanes) is 1. The Kier molecular flexibility index (Phi) is 5.84. The van der Waals surface area contributed by atoms with Crippen LogP contribution in [0.25, 0.3) is 0 Å². The van der Waals surface area contributed by atoms with Crippen LogP contribution in [0.1, 0.15) is 44.0 Å². The Hall–Kier alpha value is -1.54. The number of nitrogens with one attached hydrogen (secondary N) is 1. The lowest BCUT2D eigenvalue weighted by molar-refractivity contribution is -0.126. The van der Waals surface area contributed by atoms with Gasteiger partial charge in [-0.2, -0.15) is 0 Å². The van der Waals surface area contributed by atoms with Crippen molar-refractivity contribution in [2.45, 2.75) is 39.0 Å². The van der Waals surface area contributed by atoms with Crippen LogP contribution in [0.15, 0.2) is 0 Å². The van der Waals surface area contributed by atoms with Crippen molar-refractivity contribution < 1.29 is 14.7 Å². The average Bonchev–Trinajstić information content (AvgIpc) is 3.09. The third-order valence-electron chi connectivity index (χ3n) is 3.53. The molecule has 7 nitrogen and oxygen atoms in total. The Morgan fingerprint density at radius 1 is 1.45 bits per heavy atom. The lowest BCUT2D eigenvalue weighted by atomic mass is 10.1. The lowest BCUT2D eigenvalue weighted by Crippen LogP contribution is -2.33. The molecule has 0 aliphatic carbocycles. The second-order valence-electron chi connectivity index (χ2n) is 5.70. The van der Waals surface area contributed by atoms with Gasteiger partial charge in [0.2, 0.25) is 16.9 Å². The standard InChI is InChI=1S/C14H22N4O3S/c1-9(2)13-16-17-14(22-13)18-8-10(7-11(18)20)12(21)15-5-3-4-6-19/h9-10,19H,3-8H2,1-2H3,(H,15,21). The fraction of sp³-hybridized carbons (Fsp3) is 0.714. The lowest BCUT2D eigenvalue weighted by Gasteiger charge is -2.12. The summed E-state index contributed by atoms with van der Waals surface area (Å²) in [5.41, 5.74) is 0. The molecule has 22 heavy (non-hydrogen) atoms. The molecule has 2 amide bonds. The number of carbonyl (C=O) groups excluding carboxylic acids is 2. The van der Waals surface area contributed by atoms with E-state index in [-0.39, 0.29) is 36.7 Å². The van der Waals surface area contributed by atoms with Crippen LogP contribution in [-0.4, -0.2) is 46.8 Å². The molecular weight excluding hydrogens is 304 g/mol. The molecule has 122 valence electrons. The first-order valence-electron chi connectivity index (χ1n) is 7.55. The number of aliphatic hydroxyl groups excluding tert-OH is 1. The molecule has 2 heterocycles. The second kappa shape index (κ2) is 7.64. The predicted molar refractivity (Wildman–Crippen MR) is 83.8 cm³/mol. The molecule has 0 bridgehead atoms. The van der Waals surface area contributed by atoms with E-state index in [1.807, 2.05) is 13.8 Å². The highest BCUT2D eigenvalue weighted by atomic mass is 32.1. The number of nitrogens with zero attached hydrogens (tertiary/aromatic N) is 3. The summed E-state index contributed by atoms with van der Waals surface area (Å²) in [5.74, 6) is -0.257. The van der Waals surface area contributed by atoms with Crippen molar-refractivity contribution in [3.63, 3.8) is 0 Å². The maximum Gasteiger partial charge on any atom is 0.229 e. The van der Waals surface area contributed by atoms with Crippen LogP contribution in [0.5, 0.6) is 0 Å². The van der Waals surface area contributed by atoms with Crippen molar-refractivity contribution >= 4 is 28.3 Å². The molecule has 0 saturated carbocycles. The van der Waals surface area contributed by atoms with Crippen molar-refractivity contribution in [2.75, 3.05) is 24.6 Å². The normalized spacial score (nSPS) is 18.3. The number of aromatic nitrogens is 2. The highest BCUT2D eigenvalue weighted by molar-refractivity contribution is 7.15. The maximum atomic E-state index is 12.1. The molecule has 1 fully saturated rings. The van der Waals surface area contributed by atoms with Gasteiger partial charge in [0.1, 0.15) is 5.01 Å². The molecule has 1 unspecified atom stereocenters. The molecule has 1 saturated heterocycles. The zero-order chi connectivity index (χ0) is 16.1. The number of amides is 2. The van der Waals surface area contributed by atoms with Crippen molar-refractivity contribution in [1.82, 2.24) is 15.5 Å². The second-order valence-corrected chi connectivity index (χ2v) is 6.69. The van der Waals surface area contributed by atoms with Crippen molar-refractivity contribution in [2.24, 2.45) is 5.92 Å². The van der Waals surface area contributed by atoms with Gasteiger partial charge in [-0.25, -0.2) is 0 Å². The first-order valence-corrected chi connectivity index (χ1v) is 8.37. The number of anilines is 1. The summed E-state index contributed by atoms with van der Waals surface area (Å²) in [4.78, 5) is 25.7. The number of aliphatic hydroxyl groups is 1. The molecule has 0 aromatic carbocycles. The van der Waals surface area contributed by atoms with Crippen LogP contribution >= 0.6 is 11.3 Å². The molecule has 2 N–H and O–H groups in total. The fourth-order valence-corrected chi connectivity index (χ4v) is 3.10. The number of carbonyl (C=O) groups is 2. The zero-order valence-corrected chi connectivity index (χ0v) is 13.7. The summed E-state index contributed by atoms with van der Waals surface area (Å²) in [6.45, 7) is 5.07. The topological polar surface area (TPSA) is 95.4 Å². The van der Waals surface area contributed by atoms with Crippen molar-refractivity contribution in [3.8, 4) is 0 Å². The van der Waals surface area contributed by atoms with Crippen LogP contribution in [0, 0.1) is 5.92 Å². The van der Waals surface area contributed by atoms with E-state index < -0.39 is 0 Å². The predicted octanol–water partition coefficient (Wildman–Crippen LogP) is 0.903. The maximum absolute atomic E-state index is 12.1. The summed E-state index contributed by atoms with van der Waals surface area (Å²) < 4.78 is 0. The van der Waals surface area contributed by atoms with Gasteiger partial charge < -0.3 is 10.4 Å². The summed E-state index contributed by atoms with van der Waals surface area (Å²) >= 11 is 1.40. The molecular formula is C14H22N4O3S. The fourth-order valence-electron chi connectivity index (χ4n) is 2.23. The van der Waals surface area contributed by atoms with Gasteiger partial charge in [-0.15, -0.1) is 10.2 Å². The molecule has 0 spiro atoms. The van der Waals surface area contributed by atoms with Crippen LogP contribution in [0.2, 0.25) is 0 Å². The van der Waals surface area contributed by atoms with Crippen LogP contribution in [-0.2, 0) is 9.59 Å². The molecule has 1 aliphatic rings. The van der Waals surface area contributed by atoms with E-state index in [2.05, 4.69) is 15.5 Å². The minimum absolute atomic E-state index is 0.0815. The quantitative estimate of drug-likeness (QED) is 0.726. The van der Waals surface area contributed by atoms with E-state index >= 15 is 0 Å². The first kappa shape index (κ1) is 16.8. The van der Waals surface area contributed by atoms with Crippen molar-refractivity contribution in [1.29, 1.82) is 0 Å². The summed E-state index contributed by atoms with van der Waals surface area (Å²) in [5, 5.41) is 21.1. The number of hydrogen-bond donors (Lipinski definition) is 2. The minimum Gasteiger partial charge on any atom is -0.396 e. The SMILES string of the molecule is CC(C)c1nnc(N2CC(C(=O)NCCCCO)CC2=O)s1. The molecule has 1 atom stereocenters. The van der Waals surface area contributed by atoms with Gasteiger partial charge in [-0.05, 0) is 12.8 Å². The van der Waals surface area contributed by atoms with E-state index in [0.29, 0.717) is 24.6 Å². The van der Waals surface area contributed by atoms with E-state index in [4.69, 9.17) is 5.11 Å². The summed E-state index contributed by atoms with van der Waals surface area (Å²) in [6, 6.07) is 0.